The number of ether oxygens (including phenoxy) is 3. The van der Waals surface area contributed by atoms with Crippen molar-refractivity contribution >= 4 is 5.97 Å². The van der Waals surface area contributed by atoms with E-state index in [-0.39, 0.29) is 18.4 Å². The van der Waals surface area contributed by atoms with Gasteiger partial charge in [0.25, 0.3) is 0 Å². The second-order valence-electron chi connectivity index (χ2n) is 6.66. The second kappa shape index (κ2) is 10.7. The maximum absolute atomic E-state index is 11.7. The fourth-order valence-corrected chi connectivity index (χ4v) is 3.15. The standard InChI is InChI=1S/C20H32O4/c1-3-5-7-8-12-17-18(24-20(17)21)15-16(11-6-4-2)23-19-13-9-10-14-22-19/h4,6,16,19H,3,5,7-15H2,1-2H3/t16-,19?/m0/s1. The van der Waals surface area contributed by atoms with Crippen LogP contribution in [0.4, 0.5) is 0 Å². The molecule has 0 aromatic heterocycles. The van der Waals surface area contributed by atoms with Crippen molar-refractivity contribution in [1.82, 2.24) is 0 Å². The fraction of sp³-hybridized carbons (Fsp3) is 0.750. The molecular formula is C20H32O4. The van der Waals surface area contributed by atoms with Crippen molar-refractivity contribution in [3.63, 3.8) is 0 Å². The molecular weight excluding hydrogens is 304 g/mol. The van der Waals surface area contributed by atoms with Crippen LogP contribution in [0.25, 0.3) is 0 Å². The number of carbonyl (C=O) groups excluding carboxylic acids is 1. The highest BCUT2D eigenvalue weighted by Gasteiger charge is 2.32. The smallest absolute Gasteiger partial charge is 0.342 e. The van der Waals surface area contributed by atoms with Gasteiger partial charge in [-0.3, -0.25) is 0 Å². The Kier molecular flexibility index (Phi) is 8.54. The number of hydrogen-bond acceptors (Lipinski definition) is 4. The van der Waals surface area contributed by atoms with Crippen molar-refractivity contribution in [2.24, 2.45) is 0 Å². The summed E-state index contributed by atoms with van der Waals surface area (Å²) in [7, 11) is 0. The Morgan fingerprint density at radius 3 is 2.83 bits per heavy atom. The summed E-state index contributed by atoms with van der Waals surface area (Å²) >= 11 is 0. The van der Waals surface area contributed by atoms with Crippen LogP contribution in [-0.4, -0.2) is 25.0 Å². The lowest BCUT2D eigenvalue weighted by Gasteiger charge is -2.30. The first kappa shape index (κ1) is 19.2. The third-order valence-electron chi connectivity index (χ3n) is 4.61. The van der Waals surface area contributed by atoms with Crippen molar-refractivity contribution in [2.45, 2.75) is 90.4 Å². The molecule has 136 valence electrons. The number of esters is 1. The molecule has 1 saturated heterocycles. The summed E-state index contributed by atoms with van der Waals surface area (Å²) in [6, 6.07) is 0. The summed E-state index contributed by atoms with van der Waals surface area (Å²) in [5, 5.41) is 0. The maximum atomic E-state index is 11.7. The number of cyclic esters (lactones) is 1. The van der Waals surface area contributed by atoms with Crippen molar-refractivity contribution in [2.75, 3.05) is 6.61 Å². The summed E-state index contributed by atoms with van der Waals surface area (Å²) in [6.45, 7) is 4.98. The van der Waals surface area contributed by atoms with E-state index in [0.29, 0.717) is 6.42 Å². The summed E-state index contributed by atoms with van der Waals surface area (Å²) < 4.78 is 17.1. The SMILES string of the molecule is CC=CC[C@@H](CC1=C(CCCCCC)C(=O)O1)OC1CCCCO1. The van der Waals surface area contributed by atoms with Crippen molar-refractivity contribution < 1.29 is 19.0 Å². The van der Waals surface area contributed by atoms with Crippen molar-refractivity contribution in [3.05, 3.63) is 23.5 Å². The van der Waals surface area contributed by atoms with Crippen molar-refractivity contribution in [1.29, 1.82) is 0 Å². The first-order chi connectivity index (χ1) is 11.7. The van der Waals surface area contributed by atoms with Crippen LogP contribution in [-0.2, 0) is 19.0 Å². The van der Waals surface area contributed by atoms with Gasteiger partial charge in [0.2, 0.25) is 0 Å². The number of hydrogen-bond donors (Lipinski definition) is 0. The number of unbranched alkanes of at least 4 members (excludes halogenated alkanes) is 3. The molecule has 0 amide bonds. The van der Waals surface area contributed by atoms with E-state index >= 15 is 0 Å². The first-order valence-electron chi connectivity index (χ1n) is 9.57. The van der Waals surface area contributed by atoms with E-state index in [1.54, 1.807) is 0 Å². The van der Waals surface area contributed by atoms with Gasteiger partial charge in [-0.15, -0.1) is 0 Å². The molecule has 2 aliphatic heterocycles. The lowest BCUT2D eigenvalue weighted by atomic mass is 9.98. The average molecular weight is 336 g/mol. The fourth-order valence-electron chi connectivity index (χ4n) is 3.15. The van der Waals surface area contributed by atoms with Gasteiger partial charge < -0.3 is 14.2 Å². The number of carbonyl (C=O) groups is 1. The monoisotopic (exact) mass is 336 g/mol. The number of rotatable bonds is 11. The largest absolute Gasteiger partial charge is 0.427 e. The predicted molar refractivity (Wildman–Crippen MR) is 94.4 cm³/mol. The minimum atomic E-state index is -0.139. The zero-order valence-electron chi connectivity index (χ0n) is 15.2. The van der Waals surface area contributed by atoms with Crippen LogP contribution >= 0.6 is 0 Å². The van der Waals surface area contributed by atoms with Gasteiger partial charge in [-0.25, -0.2) is 4.79 Å². The molecule has 0 spiro atoms. The molecule has 2 rings (SSSR count). The van der Waals surface area contributed by atoms with Crippen molar-refractivity contribution in [3.8, 4) is 0 Å². The van der Waals surface area contributed by atoms with E-state index in [9.17, 15) is 4.79 Å². The van der Waals surface area contributed by atoms with Gasteiger partial charge in [0.1, 0.15) is 5.76 Å². The van der Waals surface area contributed by atoms with Gasteiger partial charge in [0.15, 0.2) is 6.29 Å². The van der Waals surface area contributed by atoms with Gasteiger partial charge in [0, 0.05) is 13.0 Å². The molecule has 0 saturated carbocycles. The Morgan fingerprint density at radius 1 is 1.29 bits per heavy atom. The molecule has 1 unspecified atom stereocenters. The highest BCUT2D eigenvalue weighted by molar-refractivity contribution is 5.95. The molecule has 2 aliphatic rings. The Morgan fingerprint density at radius 2 is 2.17 bits per heavy atom. The molecule has 0 N–H and O–H groups in total. The van der Waals surface area contributed by atoms with E-state index in [0.717, 1.165) is 56.5 Å². The molecule has 0 aromatic rings. The topological polar surface area (TPSA) is 44.8 Å². The average Bonchev–Trinajstić information content (AvgIpc) is 2.59. The maximum Gasteiger partial charge on any atom is 0.342 e. The highest BCUT2D eigenvalue weighted by Crippen LogP contribution is 2.31. The van der Waals surface area contributed by atoms with Crippen LogP contribution in [0.1, 0.15) is 78.1 Å². The minimum Gasteiger partial charge on any atom is -0.427 e. The molecule has 2 heterocycles. The van der Waals surface area contributed by atoms with Crippen LogP contribution < -0.4 is 0 Å². The molecule has 0 bridgehead atoms. The van der Waals surface area contributed by atoms with E-state index in [1.807, 2.05) is 13.0 Å². The van der Waals surface area contributed by atoms with Gasteiger partial charge in [-0.2, -0.15) is 0 Å². The summed E-state index contributed by atoms with van der Waals surface area (Å²) in [6.07, 6.45) is 14.3. The molecule has 0 radical (unpaired) electrons. The predicted octanol–water partition coefficient (Wildman–Crippen LogP) is 5.04. The minimum absolute atomic E-state index is 0.0121. The summed E-state index contributed by atoms with van der Waals surface area (Å²) in [4.78, 5) is 11.7. The summed E-state index contributed by atoms with van der Waals surface area (Å²) in [5.74, 6) is 0.696. The quantitative estimate of drug-likeness (QED) is 0.301. The van der Waals surface area contributed by atoms with E-state index in [4.69, 9.17) is 14.2 Å². The summed E-state index contributed by atoms with van der Waals surface area (Å²) in [5.41, 5.74) is 0.879. The van der Waals surface area contributed by atoms with Crippen LogP contribution in [0.3, 0.4) is 0 Å². The molecule has 24 heavy (non-hydrogen) atoms. The Balaban J connectivity index is 1.88. The molecule has 0 aliphatic carbocycles. The Hall–Kier alpha value is -1.13. The Bertz CT molecular complexity index is 447. The molecule has 4 heteroatoms. The lowest BCUT2D eigenvalue weighted by molar-refractivity contribution is -0.189. The zero-order valence-corrected chi connectivity index (χ0v) is 15.2. The van der Waals surface area contributed by atoms with Crippen LogP contribution in [0.15, 0.2) is 23.5 Å². The van der Waals surface area contributed by atoms with Gasteiger partial charge in [-0.05, 0) is 45.4 Å². The molecule has 1 fully saturated rings. The third-order valence-corrected chi connectivity index (χ3v) is 4.61. The second-order valence-corrected chi connectivity index (χ2v) is 6.66. The van der Waals surface area contributed by atoms with Crippen LogP contribution in [0, 0.1) is 0 Å². The molecule has 2 atom stereocenters. The van der Waals surface area contributed by atoms with Crippen LogP contribution in [0.2, 0.25) is 0 Å². The number of allylic oxidation sites excluding steroid dienone is 1. The highest BCUT2D eigenvalue weighted by atomic mass is 16.7. The molecule has 4 nitrogen and oxygen atoms in total. The van der Waals surface area contributed by atoms with Crippen LogP contribution in [0.5, 0.6) is 0 Å². The van der Waals surface area contributed by atoms with E-state index in [2.05, 4.69) is 13.0 Å². The zero-order chi connectivity index (χ0) is 17.2. The normalized spacial score (nSPS) is 22.6. The third kappa shape index (κ3) is 6.06. The van der Waals surface area contributed by atoms with E-state index < -0.39 is 0 Å². The van der Waals surface area contributed by atoms with Gasteiger partial charge >= 0.3 is 5.97 Å². The van der Waals surface area contributed by atoms with Gasteiger partial charge in [0.05, 0.1) is 11.7 Å². The van der Waals surface area contributed by atoms with E-state index in [1.165, 1.54) is 19.3 Å². The first-order valence-corrected chi connectivity index (χ1v) is 9.57. The lowest BCUT2D eigenvalue weighted by Crippen LogP contribution is -2.31. The van der Waals surface area contributed by atoms with Gasteiger partial charge in [-0.1, -0.05) is 38.3 Å². The Labute approximate surface area is 146 Å². The molecule has 0 aromatic carbocycles.